The van der Waals surface area contributed by atoms with Crippen LogP contribution in [0.3, 0.4) is 0 Å². The van der Waals surface area contributed by atoms with Crippen molar-refractivity contribution >= 4 is 99.0 Å². The number of imidazole rings is 4. The predicted octanol–water partition coefficient (Wildman–Crippen LogP) is -4.27. The Labute approximate surface area is 499 Å². The lowest BCUT2D eigenvalue weighted by Crippen LogP contribution is -2.37. The number of phosphoric ester groups is 3. The van der Waals surface area contributed by atoms with Gasteiger partial charge in [-0.1, -0.05) is 0 Å². The summed E-state index contributed by atoms with van der Waals surface area (Å²) in [4.78, 5) is 101. The topological polar surface area (TPSA) is 651 Å². The number of ether oxygens (including phenoxy) is 5. The number of anilines is 4. The Bertz CT molecular complexity index is 4170. The second-order valence-corrected chi connectivity index (χ2v) is 26.0. The molecule has 19 atom stereocenters. The number of hydrogen-bond donors (Lipinski definition) is 14. The zero-order chi connectivity index (χ0) is 63.9. The number of hydrogen-bond acceptors (Lipinski definition) is 36. The average Bonchev–Trinajstić information content (AvgIpc) is 1.68. The monoisotopic (exact) mass is 1350 g/mol. The van der Waals surface area contributed by atoms with E-state index >= 15 is 0 Å². The van der Waals surface area contributed by atoms with Gasteiger partial charge in [0, 0.05) is 0 Å². The molecular formula is C41H52N20O25P4. The second kappa shape index (κ2) is 24.5. The van der Waals surface area contributed by atoms with Crippen LogP contribution >= 0.6 is 31.1 Å². The van der Waals surface area contributed by atoms with Crippen molar-refractivity contribution in [3.05, 3.63) is 50.6 Å². The number of nitrogens with zero attached hydrogens (tertiary/aromatic N) is 16. The molecule has 8 aromatic rings. The zero-order valence-corrected chi connectivity index (χ0v) is 48.8. The Hall–Kier alpha value is -6.52. The highest BCUT2D eigenvalue weighted by molar-refractivity contribution is 7.52. The molecule has 0 radical (unpaired) electrons. The molecule has 12 heterocycles. The molecule has 8 aromatic heterocycles. The molecule has 0 spiro atoms. The molecule has 12 rings (SSSR count). The fraction of sp³-hybridized carbons (Fsp3) is 0.512. The first kappa shape index (κ1) is 63.6. The minimum Gasteiger partial charge on any atom is -0.387 e. The van der Waals surface area contributed by atoms with Crippen molar-refractivity contribution in [3.63, 3.8) is 0 Å². The number of aromatic nitrogens is 16. The van der Waals surface area contributed by atoms with Crippen molar-refractivity contribution in [2.24, 2.45) is 0 Å². The van der Waals surface area contributed by atoms with Crippen molar-refractivity contribution in [1.29, 1.82) is 0 Å². The summed E-state index contributed by atoms with van der Waals surface area (Å²) in [6.07, 6.45) is -20.4. The first-order valence-electron chi connectivity index (χ1n) is 26.0. The molecule has 0 aromatic carbocycles. The minimum atomic E-state index is -5.60. The van der Waals surface area contributed by atoms with Gasteiger partial charge in [-0.2, -0.15) is 0 Å². The zero-order valence-electron chi connectivity index (χ0n) is 45.2. The quantitative estimate of drug-likeness (QED) is 0.0270. The number of rotatable bonds is 23. The molecule has 18 N–H and O–H groups in total. The van der Waals surface area contributed by atoms with Crippen molar-refractivity contribution in [3.8, 4) is 0 Å². The summed E-state index contributed by atoms with van der Waals surface area (Å²) < 4.78 is 119. The number of fused-ring (bicyclic) bond motifs is 4. The summed E-state index contributed by atoms with van der Waals surface area (Å²) in [5.41, 5.74) is 24.0. The molecule has 0 bridgehead atoms. The predicted molar refractivity (Wildman–Crippen MR) is 289 cm³/mol. The van der Waals surface area contributed by atoms with Gasteiger partial charge in [0.05, 0.1) is 51.7 Å². The molecule has 0 aliphatic carbocycles. The van der Waals surface area contributed by atoms with Crippen LogP contribution in [0, 0.1) is 0 Å². The normalized spacial score (nSPS) is 31.1. The highest BCUT2D eigenvalue weighted by Gasteiger charge is 2.55. The van der Waals surface area contributed by atoms with E-state index in [2.05, 4.69) is 64.3 Å². The van der Waals surface area contributed by atoms with Crippen molar-refractivity contribution in [2.45, 2.75) is 98.2 Å². The van der Waals surface area contributed by atoms with Crippen LogP contribution in [0.4, 0.5) is 23.3 Å². The van der Waals surface area contributed by atoms with Crippen LogP contribution in [0.5, 0.6) is 0 Å². The molecule has 4 fully saturated rings. The second-order valence-electron chi connectivity index (χ2n) is 20.2. The van der Waals surface area contributed by atoms with Crippen LogP contribution in [-0.2, 0) is 69.1 Å². The molecule has 486 valence electrons. The maximum Gasteiger partial charge on any atom is 0.472 e. The third-order valence-corrected chi connectivity index (χ3v) is 18.0. The first-order chi connectivity index (χ1) is 42.7. The lowest BCUT2D eigenvalue weighted by atomic mass is 10.1. The van der Waals surface area contributed by atoms with E-state index in [4.69, 9.17) is 69.2 Å². The van der Waals surface area contributed by atoms with E-state index in [9.17, 15) is 68.3 Å². The average molecular weight is 1350 g/mol. The summed E-state index contributed by atoms with van der Waals surface area (Å²) in [5.74, 6) is -0.317. The van der Waals surface area contributed by atoms with E-state index in [-0.39, 0.29) is 67.9 Å². The number of nitrogens with two attached hydrogens (primary N) is 4. The number of nitrogen functional groups attached to an aromatic ring is 4. The molecule has 4 aliphatic rings. The summed E-state index contributed by atoms with van der Waals surface area (Å²) in [6.45, 7) is -3.95. The minimum absolute atomic E-state index is 0.00320. The number of aliphatic hydroxyl groups excluding tert-OH is 5. The van der Waals surface area contributed by atoms with E-state index in [1.54, 1.807) is 0 Å². The Morgan fingerprint density at radius 2 is 0.711 bits per heavy atom. The largest absolute Gasteiger partial charge is 0.472 e. The van der Waals surface area contributed by atoms with Crippen LogP contribution in [0.2, 0.25) is 0 Å². The van der Waals surface area contributed by atoms with Crippen LogP contribution in [0.25, 0.3) is 44.7 Å². The van der Waals surface area contributed by atoms with Crippen LogP contribution in [0.15, 0.2) is 50.6 Å². The molecule has 3 unspecified atom stereocenters. The number of phosphoric acid groups is 3. The third-order valence-electron chi connectivity index (χ3n) is 14.5. The van der Waals surface area contributed by atoms with Crippen LogP contribution < -0.4 is 22.9 Å². The molecule has 4 saturated heterocycles. The van der Waals surface area contributed by atoms with E-state index in [0.29, 0.717) is 0 Å². The Kier molecular flexibility index (Phi) is 17.3. The van der Waals surface area contributed by atoms with Gasteiger partial charge in [-0.3, -0.25) is 45.5 Å². The van der Waals surface area contributed by atoms with Crippen molar-refractivity contribution < 1.29 is 119 Å². The highest BCUT2D eigenvalue weighted by atomic mass is 31.2. The van der Waals surface area contributed by atoms with Crippen molar-refractivity contribution in [1.82, 2.24) is 78.1 Å². The van der Waals surface area contributed by atoms with Crippen LogP contribution in [-0.4, -0.2) is 234 Å². The van der Waals surface area contributed by atoms with E-state index in [1.165, 1.54) is 15.5 Å². The van der Waals surface area contributed by atoms with Gasteiger partial charge in [-0.15, -0.1) is 0 Å². The third kappa shape index (κ3) is 12.5. The Balaban J connectivity index is 0.736. The highest BCUT2D eigenvalue weighted by Crippen LogP contribution is 2.54. The molecule has 90 heavy (non-hydrogen) atoms. The standard InChI is InChI=1S/C41H52N20O25P4/c42-30-18-34(50-5-46-30)58(9-54-18)38-26(66)22(62)14(81-38)3-79-89(72,73)86-29-25(65)17(84-41(29)61-12-57-21-33(45)49-8-53-37(21)61)4-80-90(74,75)85-28-24(64)15(83-40(28)60-11-56-20-32(44)48-7-52-36(20)60)1-77-87(67,68)13-76-27-23(63)16(2-78-88(69,70)71)82-39(27)59-10-55-19-31(43)47-6-51-35(19)59/h5-12,14-17,22-29,38-41,62-66H,1-4,13H2,(H,67,68)(H,72,73)(H,74,75)(H2,42,46,50)(H2,43,47,51)(H2,44,48,52)(H2,45,49,53)(H2,69,70,71)/t14-,15-,16-,17-,22-,23-,24-,25-,26-,27-,28-,29-,38-,39-,40-,41-/m1/s1. The van der Waals surface area contributed by atoms with E-state index < -0.39 is 162 Å². The smallest absolute Gasteiger partial charge is 0.387 e. The number of aliphatic hydroxyl groups is 5. The maximum atomic E-state index is 14.1. The van der Waals surface area contributed by atoms with E-state index in [1.807, 2.05) is 0 Å². The molecule has 45 nitrogen and oxygen atoms in total. The summed E-state index contributed by atoms with van der Waals surface area (Å²) >= 11 is 0. The van der Waals surface area contributed by atoms with Crippen LogP contribution in [0.1, 0.15) is 24.9 Å². The Morgan fingerprint density at radius 3 is 1.09 bits per heavy atom. The Morgan fingerprint density at radius 1 is 0.400 bits per heavy atom. The van der Waals surface area contributed by atoms with Gasteiger partial charge in [0.25, 0.3) is 0 Å². The molecule has 49 heteroatoms. The molecule has 0 amide bonds. The van der Waals surface area contributed by atoms with Gasteiger partial charge < -0.3 is 101 Å². The maximum absolute atomic E-state index is 14.1. The molecule has 4 aliphatic heterocycles. The fourth-order valence-corrected chi connectivity index (χ4v) is 13.3. The first-order valence-corrected chi connectivity index (χ1v) is 32.3. The van der Waals surface area contributed by atoms with Crippen molar-refractivity contribution in [2.75, 3.05) is 55.7 Å². The molecule has 0 saturated carbocycles. The molecular weight excluding hydrogens is 1300 g/mol. The summed E-state index contributed by atoms with van der Waals surface area (Å²) in [7, 11) is -21.2. The lowest BCUT2D eigenvalue weighted by Gasteiger charge is -2.25. The van der Waals surface area contributed by atoms with Gasteiger partial charge in [0.2, 0.25) is 0 Å². The van der Waals surface area contributed by atoms with Gasteiger partial charge >= 0.3 is 31.1 Å². The lowest BCUT2D eigenvalue weighted by molar-refractivity contribution is -0.0667. The van der Waals surface area contributed by atoms with Gasteiger partial charge in [-0.05, 0) is 0 Å². The van der Waals surface area contributed by atoms with Gasteiger partial charge in [-0.25, -0.2) is 73.5 Å². The SMILES string of the molecule is Nc1ncnc2c1ncn2[C@@H]1O[C@H](COP(=O)(O)O[C@@H]2[C@H](O)[C@@H](COP(=O)(O)O[C@@H]3[C@H](O)[C@@H](COP(=O)(O)CO[C@@H]4[C@H](O)[C@@H](COP(=O)(O)O)O[C@H]4n4cnc5c(N)ncnc54)O[C@H]3n3cnc4c(N)ncnc43)O[C@H]2n2cnc3c(N)ncnc32)[C@@H](O)[C@H]1O. The summed E-state index contributed by atoms with van der Waals surface area (Å²) in [6, 6.07) is 0. The van der Waals surface area contributed by atoms with Gasteiger partial charge in [0.15, 0.2) is 70.8 Å². The summed E-state index contributed by atoms with van der Waals surface area (Å²) in [5, 5.41) is 56.8. The fourth-order valence-electron chi connectivity index (χ4n) is 10.3. The van der Waals surface area contributed by atoms with Gasteiger partial charge in [0.1, 0.15) is 127 Å². The van der Waals surface area contributed by atoms with E-state index in [0.717, 1.165) is 53.4 Å².